The molecule has 1 amide bonds. The average Bonchev–Trinajstić information content (AvgIpc) is 3.34. The first-order chi connectivity index (χ1) is 15.8. The molecule has 5 rings (SSSR count). The summed E-state index contributed by atoms with van der Waals surface area (Å²) in [5.74, 6) is -0.376. The van der Waals surface area contributed by atoms with Crippen LogP contribution in [0.15, 0.2) is 60.3 Å². The van der Waals surface area contributed by atoms with Gasteiger partial charge in [0.05, 0.1) is 23.2 Å². The molecule has 6 heteroatoms. The van der Waals surface area contributed by atoms with E-state index in [1.807, 2.05) is 29.1 Å². The van der Waals surface area contributed by atoms with Crippen LogP contribution in [0.5, 0.6) is 0 Å². The number of carbonyl (C=O) groups is 1. The lowest BCUT2D eigenvalue weighted by Gasteiger charge is -2.42. The number of nitrogens with one attached hydrogen (secondary N) is 1. The SMILES string of the molecule is CNC(=O)c1cccc(CC[C@]2(O)CCC3=Cc4c(cnn4-c4ccc(F)cc4)C[C@@]32C)c1. The van der Waals surface area contributed by atoms with Gasteiger partial charge in [-0.1, -0.05) is 24.6 Å². The Morgan fingerprint density at radius 3 is 2.79 bits per heavy atom. The maximum absolute atomic E-state index is 13.4. The quantitative estimate of drug-likeness (QED) is 0.609. The largest absolute Gasteiger partial charge is 0.389 e. The van der Waals surface area contributed by atoms with Crippen LogP contribution in [0, 0.1) is 11.2 Å². The van der Waals surface area contributed by atoms with Gasteiger partial charge in [-0.15, -0.1) is 0 Å². The second-order valence-corrected chi connectivity index (χ2v) is 9.43. The molecule has 0 radical (unpaired) electrons. The fourth-order valence-electron chi connectivity index (χ4n) is 5.48. The minimum absolute atomic E-state index is 0.105. The molecule has 2 atom stereocenters. The van der Waals surface area contributed by atoms with E-state index >= 15 is 0 Å². The van der Waals surface area contributed by atoms with Gasteiger partial charge in [0.15, 0.2) is 0 Å². The van der Waals surface area contributed by atoms with E-state index < -0.39 is 5.60 Å². The normalized spacial score (nSPS) is 23.6. The molecule has 0 bridgehead atoms. The van der Waals surface area contributed by atoms with Gasteiger partial charge in [-0.05, 0) is 85.7 Å². The van der Waals surface area contributed by atoms with Crippen molar-refractivity contribution < 1.29 is 14.3 Å². The molecule has 2 aliphatic carbocycles. The molecule has 0 saturated heterocycles. The number of amides is 1. The van der Waals surface area contributed by atoms with Crippen LogP contribution in [0.1, 0.15) is 53.4 Å². The summed E-state index contributed by atoms with van der Waals surface area (Å²) in [5.41, 5.74) is 4.64. The molecule has 2 aromatic carbocycles. The summed E-state index contributed by atoms with van der Waals surface area (Å²) in [4.78, 5) is 12.0. The predicted molar refractivity (Wildman–Crippen MR) is 126 cm³/mol. The smallest absolute Gasteiger partial charge is 0.251 e. The Kier molecular flexibility index (Phi) is 5.20. The van der Waals surface area contributed by atoms with Gasteiger partial charge in [-0.2, -0.15) is 5.10 Å². The Bertz CT molecular complexity index is 1250. The maximum atomic E-state index is 13.4. The van der Waals surface area contributed by atoms with Crippen LogP contribution in [-0.4, -0.2) is 33.4 Å². The monoisotopic (exact) mass is 445 g/mol. The Hall–Kier alpha value is -3.25. The van der Waals surface area contributed by atoms with Gasteiger partial charge >= 0.3 is 0 Å². The molecule has 0 unspecified atom stereocenters. The number of aromatic nitrogens is 2. The Labute approximate surface area is 193 Å². The van der Waals surface area contributed by atoms with Gasteiger partial charge in [0.2, 0.25) is 0 Å². The number of nitrogens with zero attached hydrogens (tertiary/aromatic N) is 2. The summed E-state index contributed by atoms with van der Waals surface area (Å²) < 4.78 is 15.2. The van der Waals surface area contributed by atoms with Crippen LogP contribution < -0.4 is 5.32 Å². The molecule has 1 fully saturated rings. The molecular weight excluding hydrogens is 417 g/mol. The molecule has 3 aromatic rings. The van der Waals surface area contributed by atoms with Gasteiger partial charge < -0.3 is 10.4 Å². The molecule has 33 heavy (non-hydrogen) atoms. The zero-order valence-electron chi connectivity index (χ0n) is 18.9. The molecule has 2 aliphatic rings. The van der Waals surface area contributed by atoms with Crippen molar-refractivity contribution in [2.45, 2.75) is 44.6 Å². The fourth-order valence-corrected chi connectivity index (χ4v) is 5.48. The van der Waals surface area contributed by atoms with E-state index in [0.29, 0.717) is 31.2 Å². The zero-order chi connectivity index (χ0) is 23.2. The molecule has 1 saturated carbocycles. The van der Waals surface area contributed by atoms with E-state index in [1.165, 1.54) is 17.7 Å². The van der Waals surface area contributed by atoms with Crippen molar-refractivity contribution in [2.75, 3.05) is 7.05 Å². The summed E-state index contributed by atoms with van der Waals surface area (Å²) in [5, 5.41) is 19.0. The van der Waals surface area contributed by atoms with Crippen molar-refractivity contribution in [3.8, 4) is 5.69 Å². The number of aryl methyl sites for hydroxylation is 1. The number of hydrogen-bond acceptors (Lipinski definition) is 3. The molecule has 1 aromatic heterocycles. The van der Waals surface area contributed by atoms with Crippen molar-refractivity contribution >= 4 is 12.0 Å². The molecule has 170 valence electrons. The van der Waals surface area contributed by atoms with Gasteiger partial charge in [0, 0.05) is 18.0 Å². The van der Waals surface area contributed by atoms with E-state index in [9.17, 15) is 14.3 Å². The van der Waals surface area contributed by atoms with Crippen molar-refractivity contribution in [3.05, 3.63) is 88.5 Å². The Balaban J connectivity index is 1.40. The first-order valence-electron chi connectivity index (χ1n) is 11.4. The van der Waals surface area contributed by atoms with E-state index in [2.05, 4.69) is 23.4 Å². The average molecular weight is 446 g/mol. The van der Waals surface area contributed by atoms with Crippen LogP contribution in [0.2, 0.25) is 0 Å². The molecule has 5 nitrogen and oxygen atoms in total. The van der Waals surface area contributed by atoms with E-state index in [1.54, 1.807) is 25.2 Å². The Morgan fingerprint density at radius 2 is 2.03 bits per heavy atom. The van der Waals surface area contributed by atoms with E-state index in [0.717, 1.165) is 28.9 Å². The third-order valence-electron chi connectivity index (χ3n) is 7.60. The van der Waals surface area contributed by atoms with Gasteiger partial charge in [0.1, 0.15) is 5.82 Å². The van der Waals surface area contributed by atoms with Crippen molar-refractivity contribution in [2.24, 2.45) is 5.41 Å². The maximum Gasteiger partial charge on any atom is 0.251 e. The summed E-state index contributed by atoms with van der Waals surface area (Å²) >= 11 is 0. The molecule has 0 aliphatic heterocycles. The number of halogens is 1. The Morgan fingerprint density at radius 1 is 1.24 bits per heavy atom. The van der Waals surface area contributed by atoms with E-state index in [-0.39, 0.29) is 17.1 Å². The van der Waals surface area contributed by atoms with Crippen LogP contribution in [0.25, 0.3) is 11.8 Å². The highest BCUT2D eigenvalue weighted by molar-refractivity contribution is 5.94. The summed E-state index contributed by atoms with van der Waals surface area (Å²) in [6, 6.07) is 13.9. The lowest BCUT2D eigenvalue weighted by Crippen LogP contribution is -2.45. The second kappa shape index (κ2) is 7.96. The highest BCUT2D eigenvalue weighted by atomic mass is 19.1. The first kappa shape index (κ1) is 21.6. The fraction of sp³-hybridized carbons (Fsp3) is 0.333. The van der Waals surface area contributed by atoms with Crippen LogP contribution in [-0.2, 0) is 12.8 Å². The third-order valence-corrected chi connectivity index (χ3v) is 7.60. The highest BCUT2D eigenvalue weighted by Gasteiger charge is 2.54. The lowest BCUT2D eigenvalue weighted by molar-refractivity contribution is -0.0461. The second-order valence-electron chi connectivity index (χ2n) is 9.43. The summed E-state index contributed by atoms with van der Waals surface area (Å²) in [6.07, 6.45) is 7.61. The van der Waals surface area contributed by atoms with Gasteiger partial charge in [-0.25, -0.2) is 9.07 Å². The molecule has 0 spiro atoms. The third kappa shape index (κ3) is 3.59. The number of aliphatic hydroxyl groups is 1. The number of hydrogen-bond donors (Lipinski definition) is 2. The van der Waals surface area contributed by atoms with E-state index in [4.69, 9.17) is 0 Å². The number of fused-ring (bicyclic) bond motifs is 2. The van der Waals surface area contributed by atoms with Crippen LogP contribution >= 0.6 is 0 Å². The van der Waals surface area contributed by atoms with Crippen molar-refractivity contribution in [3.63, 3.8) is 0 Å². The minimum Gasteiger partial charge on any atom is -0.389 e. The minimum atomic E-state index is -0.836. The molecule has 2 N–H and O–H groups in total. The van der Waals surface area contributed by atoms with Crippen LogP contribution in [0.3, 0.4) is 0 Å². The number of benzene rings is 2. The molecular formula is C27H28FN3O2. The van der Waals surface area contributed by atoms with Crippen LogP contribution in [0.4, 0.5) is 4.39 Å². The first-order valence-corrected chi connectivity index (χ1v) is 11.4. The zero-order valence-corrected chi connectivity index (χ0v) is 18.9. The predicted octanol–water partition coefficient (Wildman–Crippen LogP) is 4.47. The van der Waals surface area contributed by atoms with Gasteiger partial charge in [0.25, 0.3) is 5.91 Å². The summed E-state index contributed by atoms with van der Waals surface area (Å²) in [7, 11) is 1.63. The number of rotatable bonds is 5. The molecule has 1 heterocycles. The highest BCUT2D eigenvalue weighted by Crippen LogP contribution is 2.56. The standard InChI is InChI=1S/C27H28FN3O2/c1-26-16-20-17-30-31(23-8-6-22(28)7-9-23)24(20)15-21(26)11-13-27(26,33)12-10-18-4-3-5-19(14-18)25(32)29-2/h3-9,14-15,17,33H,10-13,16H2,1-2H3,(H,29,32)/t26-,27-/m0/s1. The van der Waals surface area contributed by atoms with Crippen molar-refractivity contribution in [1.82, 2.24) is 15.1 Å². The van der Waals surface area contributed by atoms with Crippen molar-refractivity contribution in [1.29, 1.82) is 0 Å². The summed E-state index contributed by atoms with van der Waals surface area (Å²) in [6.45, 7) is 2.16. The van der Waals surface area contributed by atoms with Gasteiger partial charge in [-0.3, -0.25) is 4.79 Å². The topological polar surface area (TPSA) is 67.2 Å². The lowest BCUT2D eigenvalue weighted by atomic mass is 9.65. The number of carbonyl (C=O) groups excluding carboxylic acids is 1.